The van der Waals surface area contributed by atoms with Gasteiger partial charge in [0.15, 0.2) is 6.29 Å². The van der Waals surface area contributed by atoms with Crippen LogP contribution in [-0.2, 0) is 14.2 Å². The highest BCUT2D eigenvalue weighted by atomic mass is 16.7. The van der Waals surface area contributed by atoms with Gasteiger partial charge in [0.2, 0.25) is 0 Å². The highest BCUT2D eigenvalue weighted by Gasteiger charge is 2.30. The Morgan fingerprint density at radius 1 is 1.00 bits per heavy atom. The minimum absolute atomic E-state index is 0.0384. The molecule has 0 aliphatic carbocycles. The van der Waals surface area contributed by atoms with Crippen LogP contribution in [0.1, 0.15) is 19.3 Å². The molecule has 0 bridgehead atoms. The van der Waals surface area contributed by atoms with Crippen molar-refractivity contribution in [3.63, 3.8) is 0 Å². The zero-order valence-corrected chi connectivity index (χ0v) is 12.0. The molecular formula is C14H24N2O4. The fourth-order valence-corrected chi connectivity index (χ4v) is 3.21. The molecule has 0 N–H and O–H groups in total. The van der Waals surface area contributed by atoms with Gasteiger partial charge in [-0.25, -0.2) is 4.79 Å². The van der Waals surface area contributed by atoms with E-state index in [9.17, 15) is 4.79 Å². The molecule has 0 aromatic rings. The second-order valence-electron chi connectivity index (χ2n) is 5.74. The van der Waals surface area contributed by atoms with Crippen molar-refractivity contribution in [2.45, 2.75) is 25.6 Å². The van der Waals surface area contributed by atoms with Gasteiger partial charge >= 0.3 is 6.09 Å². The maximum Gasteiger partial charge on any atom is 0.409 e. The van der Waals surface area contributed by atoms with Gasteiger partial charge in [0.05, 0.1) is 19.8 Å². The Morgan fingerprint density at radius 2 is 1.75 bits per heavy atom. The zero-order valence-electron chi connectivity index (χ0n) is 12.0. The van der Waals surface area contributed by atoms with Crippen molar-refractivity contribution in [3.8, 4) is 0 Å². The second kappa shape index (κ2) is 6.74. The third-order valence-corrected chi connectivity index (χ3v) is 4.41. The van der Waals surface area contributed by atoms with E-state index in [-0.39, 0.29) is 12.4 Å². The molecule has 6 heteroatoms. The molecule has 3 rings (SSSR count). The quantitative estimate of drug-likeness (QED) is 0.751. The number of carbonyl (C=O) groups is 1. The van der Waals surface area contributed by atoms with Crippen LogP contribution in [0.5, 0.6) is 0 Å². The van der Waals surface area contributed by atoms with E-state index in [1.165, 1.54) is 0 Å². The Kier molecular flexibility index (Phi) is 4.75. The van der Waals surface area contributed by atoms with Gasteiger partial charge in [0.1, 0.15) is 6.61 Å². The van der Waals surface area contributed by atoms with Gasteiger partial charge < -0.3 is 24.0 Å². The normalized spacial score (nSPS) is 26.4. The number of ether oxygens (including phenoxy) is 3. The maximum atomic E-state index is 11.3. The van der Waals surface area contributed by atoms with Crippen LogP contribution >= 0.6 is 0 Å². The van der Waals surface area contributed by atoms with Crippen LogP contribution < -0.4 is 0 Å². The molecule has 0 atom stereocenters. The minimum Gasteiger partial charge on any atom is -0.448 e. The molecule has 0 radical (unpaired) electrons. The molecular weight excluding hydrogens is 260 g/mol. The molecule has 20 heavy (non-hydrogen) atoms. The van der Waals surface area contributed by atoms with Crippen LogP contribution in [0.4, 0.5) is 4.79 Å². The molecule has 6 nitrogen and oxygen atoms in total. The van der Waals surface area contributed by atoms with E-state index in [0.29, 0.717) is 12.5 Å². The average molecular weight is 284 g/mol. The topological polar surface area (TPSA) is 51.2 Å². The van der Waals surface area contributed by atoms with Gasteiger partial charge in [-0.15, -0.1) is 0 Å². The number of likely N-dealkylation sites (tertiary alicyclic amines) is 1. The van der Waals surface area contributed by atoms with E-state index in [2.05, 4.69) is 4.90 Å². The van der Waals surface area contributed by atoms with Crippen LogP contribution in [-0.4, -0.2) is 74.7 Å². The summed E-state index contributed by atoms with van der Waals surface area (Å²) < 4.78 is 16.1. The van der Waals surface area contributed by atoms with Crippen molar-refractivity contribution in [1.82, 2.24) is 9.80 Å². The number of amides is 1. The van der Waals surface area contributed by atoms with Gasteiger partial charge in [-0.2, -0.15) is 0 Å². The SMILES string of the molecule is O=C1OCCN1CCCN1CCC(C2OCCO2)CC1. The first-order valence-electron chi connectivity index (χ1n) is 7.70. The van der Waals surface area contributed by atoms with E-state index in [1.54, 1.807) is 4.90 Å². The molecule has 1 amide bonds. The third kappa shape index (κ3) is 3.42. The standard InChI is InChI=1S/C14H24N2O4/c17-14-16(8-9-20-14)5-1-4-15-6-2-12(3-7-15)13-18-10-11-19-13/h12-13H,1-11H2. The lowest BCUT2D eigenvalue weighted by Crippen LogP contribution is -2.39. The maximum absolute atomic E-state index is 11.3. The lowest BCUT2D eigenvalue weighted by molar-refractivity contribution is -0.0974. The van der Waals surface area contributed by atoms with Crippen LogP contribution in [0.15, 0.2) is 0 Å². The van der Waals surface area contributed by atoms with Crippen molar-refractivity contribution < 1.29 is 19.0 Å². The van der Waals surface area contributed by atoms with E-state index >= 15 is 0 Å². The van der Waals surface area contributed by atoms with Gasteiger partial charge in [-0.3, -0.25) is 0 Å². The summed E-state index contributed by atoms with van der Waals surface area (Å²) in [6, 6.07) is 0. The summed E-state index contributed by atoms with van der Waals surface area (Å²) in [5, 5.41) is 0. The van der Waals surface area contributed by atoms with Crippen molar-refractivity contribution in [3.05, 3.63) is 0 Å². The minimum atomic E-state index is -0.153. The first-order valence-corrected chi connectivity index (χ1v) is 7.70. The summed E-state index contributed by atoms with van der Waals surface area (Å²) >= 11 is 0. The second-order valence-corrected chi connectivity index (χ2v) is 5.74. The van der Waals surface area contributed by atoms with Gasteiger partial charge in [-0.05, 0) is 38.9 Å². The highest BCUT2D eigenvalue weighted by Crippen LogP contribution is 2.25. The largest absolute Gasteiger partial charge is 0.448 e. The fraction of sp³-hybridized carbons (Fsp3) is 0.929. The third-order valence-electron chi connectivity index (χ3n) is 4.41. The van der Waals surface area contributed by atoms with Crippen LogP contribution in [0.3, 0.4) is 0 Å². The van der Waals surface area contributed by atoms with E-state index in [4.69, 9.17) is 14.2 Å². The predicted octanol–water partition coefficient (Wildman–Crippen LogP) is 0.914. The number of nitrogens with zero attached hydrogens (tertiary/aromatic N) is 2. The fourth-order valence-electron chi connectivity index (χ4n) is 3.21. The Morgan fingerprint density at radius 3 is 2.40 bits per heavy atom. The van der Waals surface area contributed by atoms with Crippen molar-refractivity contribution in [1.29, 1.82) is 0 Å². The molecule has 0 unspecified atom stereocenters. The molecule has 3 aliphatic rings. The molecule has 3 heterocycles. The number of carbonyl (C=O) groups excluding carboxylic acids is 1. The monoisotopic (exact) mass is 284 g/mol. The average Bonchev–Trinajstić information content (AvgIpc) is 3.12. The highest BCUT2D eigenvalue weighted by molar-refractivity contribution is 5.69. The number of cyclic esters (lactones) is 1. The van der Waals surface area contributed by atoms with Gasteiger partial charge in [-0.1, -0.05) is 0 Å². The Labute approximate surface area is 119 Å². The van der Waals surface area contributed by atoms with Gasteiger partial charge in [0.25, 0.3) is 0 Å². The number of rotatable bonds is 5. The summed E-state index contributed by atoms with van der Waals surface area (Å²) in [5.74, 6) is 0.558. The molecule has 114 valence electrons. The molecule has 3 aliphatic heterocycles. The van der Waals surface area contributed by atoms with Crippen molar-refractivity contribution >= 4 is 6.09 Å². The Bertz CT molecular complexity index is 325. The Hall–Kier alpha value is -0.850. The summed E-state index contributed by atoms with van der Waals surface area (Å²) in [4.78, 5) is 15.6. The Balaban J connectivity index is 1.31. The summed E-state index contributed by atoms with van der Waals surface area (Å²) in [6.07, 6.45) is 3.21. The summed E-state index contributed by atoms with van der Waals surface area (Å²) in [7, 11) is 0. The zero-order chi connectivity index (χ0) is 13.8. The lowest BCUT2D eigenvalue weighted by Gasteiger charge is -2.34. The van der Waals surface area contributed by atoms with E-state index in [0.717, 1.165) is 65.2 Å². The van der Waals surface area contributed by atoms with Crippen molar-refractivity contribution in [2.24, 2.45) is 5.92 Å². The first kappa shape index (κ1) is 14.1. The number of hydrogen-bond acceptors (Lipinski definition) is 5. The lowest BCUT2D eigenvalue weighted by atomic mass is 9.96. The molecule has 0 aromatic heterocycles. The summed E-state index contributed by atoms with van der Waals surface area (Å²) in [6.45, 7) is 6.88. The van der Waals surface area contributed by atoms with Crippen LogP contribution in [0.25, 0.3) is 0 Å². The molecule has 0 saturated carbocycles. The van der Waals surface area contributed by atoms with Crippen LogP contribution in [0, 0.1) is 5.92 Å². The van der Waals surface area contributed by atoms with Gasteiger partial charge in [0, 0.05) is 12.5 Å². The summed E-state index contributed by atoms with van der Waals surface area (Å²) in [5.41, 5.74) is 0. The molecule has 3 fully saturated rings. The number of piperidine rings is 1. The van der Waals surface area contributed by atoms with Crippen molar-refractivity contribution in [2.75, 3.05) is 52.5 Å². The molecule has 0 aromatic carbocycles. The van der Waals surface area contributed by atoms with E-state index in [1.807, 2.05) is 0 Å². The molecule has 3 saturated heterocycles. The van der Waals surface area contributed by atoms with E-state index < -0.39 is 0 Å². The smallest absolute Gasteiger partial charge is 0.409 e. The number of hydrogen-bond donors (Lipinski definition) is 0. The predicted molar refractivity (Wildman–Crippen MR) is 72.4 cm³/mol. The molecule has 0 spiro atoms. The van der Waals surface area contributed by atoms with Crippen LogP contribution in [0.2, 0.25) is 0 Å². The first-order chi connectivity index (χ1) is 9.83.